The number of aromatic nitrogens is 2. The van der Waals surface area contributed by atoms with E-state index in [1.807, 2.05) is 0 Å². The zero-order valence-corrected chi connectivity index (χ0v) is 11.8. The molecule has 2 rings (SSSR count). The number of aliphatic hydroxyl groups is 2. The van der Waals surface area contributed by atoms with E-state index in [9.17, 15) is 22.7 Å². The van der Waals surface area contributed by atoms with Crippen LogP contribution in [0.3, 0.4) is 0 Å². The number of hydrogen-bond acceptors (Lipinski definition) is 5. The van der Waals surface area contributed by atoms with Crippen LogP contribution in [0.5, 0.6) is 0 Å². The molecule has 2 heterocycles. The molecule has 0 spiro atoms. The van der Waals surface area contributed by atoms with Crippen LogP contribution in [0.2, 0.25) is 0 Å². The van der Waals surface area contributed by atoms with E-state index >= 15 is 0 Å². The van der Waals surface area contributed by atoms with Gasteiger partial charge in [0.2, 0.25) is 0 Å². The zero-order valence-electron chi connectivity index (χ0n) is 10.2. The molecule has 1 aromatic rings. The predicted octanol–water partition coefficient (Wildman–Crippen LogP) is 1.80. The molecule has 11 heteroatoms. The van der Waals surface area contributed by atoms with Gasteiger partial charge in [0.1, 0.15) is 16.8 Å². The molecule has 0 aromatic carbocycles. The third-order valence-corrected chi connectivity index (χ3v) is 3.71. The van der Waals surface area contributed by atoms with Crippen molar-refractivity contribution in [2.45, 2.75) is 30.3 Å². The summed E-state index contributed by atoms with van der Waals surface area (Å²) >= 11 is 9.55. The smallest absolute Gasteiger partial charge is 0.394 e. The number of H-pyrrole nitrogens is 1. The Morgan fingerprint density at radius 1 is 1.43 bits per heavy atom. The Hall–Kier alpha value is -0.880. The van der Waals surface area contributed by atoms with E-state index in [0.29, 0.717) is 4.57 Å². The normalized spacial score (nSPS) is 33.3. The zero-order chi connectivity index (χ0) is 16.0. The molecule has 21 heavy (non-hydrogen) atoms. The van der Waals surface area contributed by atoms with Gasteiger partial charge in [-0.3, -0.25) is 4.57 Å². The number of rotatable bonds is 2. The number of nitrogens with one attached hydrogen (secondary N) is 1. The molecule has 0 amide bonds. The average Bonchev–Trinajstić information content (AvgIpc) is 2.63. The molecule has 0 bridgehead atoms. The van der Waals surface area contributed by atoms with E-state index in [1.165, 1.54) is 6.07 Å². The Morgan fingerprint density at radius 2 is 2.05 bits per heavy atom. The number of aliphatic hydroxyl groups excluding tert-OH is 2. The van der Waals surface area contributed by atoms with Gasteiger partial charge in [0.15, 0.2) is 11.0 Å². The first-order valence-corrected chi connectivity index (χ1v) is 6.46. The molecule has 3 N–H and O–H groups in total. The highest BCUT2D eigenvalue weighted by molar-refractivity contribution is 7.72. The largest absolute Gasteiger partial charge is 0.429 e. The number of ether oxygens (including phenoxy) is 1. The van der Waals surface area contributed by atoms with Crippen molar-refractivity contribution in [2.75, 3.05) is 6.61 Å². The van der Waals surface area contributed by atoms with Crippen LogP contribution >= 0.6 is 24.4 Å². The molecule has 0 saturated carbocycles. The van der Waals surface area contributed by atoms with Crippen LogP contribution < -0.4 is 0 Å². The van der Waals surface area contributed by atoms with E-state index < -0.39 is 36.9 Å². The van der Waals surface area contributed by atoms with Crippen LogP contribution in [0.4, 0.5) is 17.6 Å². The summed E-state index contributed by atoms with van der Waals surface area (Å²) in [5.74, 6) is 0. The topological polar surface area (TPSA) is 70.4 Å². The molecule has 1 aliphatic rings. The standard InChI is InChI=1S/C10H10F4N2O3S2/c11-9(10(12,13)14)6(18)4(3-17)19-7(9)16-2-1-5(20)15-8(16)21/h1-2,4,6-7,17-18H,3H2,(H,15,20,21)/t4-,6?,7-,9-/m1/s1. The average molecular weight is 346 g/mol. The van der Waals surface area contributed by atoms with Gasteiger partial charge in [0.05, 0.1) is 6.61 Å². The Balaban J connectivity index is 2.60. The monoisotopic (exact) mass is 346 g/mol. The molecule has 1 fully saturated rings. The van der Waals surface area contributed by atoms with E-state index in [4.69, 9.17) is 34.3 Å². The highest BCUT2D eigenvalue weighted by Crippen LogP contribution is 2.51. The van der Waals surface area contributed by atoms with Crippen LogP contribution in [-0.2, 0) is 4.74 Å². The van der Waals surface area contributed by atoms with E-state index in [-0.39, 0.29) is 9.41 Å². The molecule has 1 unspecified atom stereocenters. The van der Waals surface area contributed by atoms with Crippen molar-refractivity contribution in [3.63, 3.8) is 0 Å². The van der Waals surface area contributed by atoms with Gasteiger partial charge in [-0.05, 0) is 18.3 Å². The van der Waals surface area contributed by atoms with Crippen molar-refractivity contribution in [3.05, 3.63) is 21.7 Å². The third-order valence-electron chi connectivity index (χ3n) is 3.16. The Kier molecular flexibility index (Phi) is 4.23. The first kappa shape index (κ1) is 16.5. The summed E-state index contributed by atoms with van der Waals surface area (Å²) in [5, 5.41) is 18.5. The molecule has 0 radical (unpaired) electrons. The molecule has 5 nitrogen and oxygen atoms in total. The lowest BCUT2D eigenvalue weighted by molar-refractivity contribution is -0.273. The quantitative estimate of drug-likeness (QED) is 0.563. The fraction of sp³-hybridized carbons (Fsp3) is 0.600. The van der Waals surface area contributed by atoms with E-state index in [2.05, 4.69) is 4.98 Å². The van der Waals surface area contributed by atoms with Crippen LogP contribution in [-0.4, -0.2) is 50.4 Å². The van der Waals surface area contributed by atoms with Gasteiger partial charge in [0, 0.05) is 6.20 Å². The lowest BCUT2D eigenvalue weighted by Crippen LogP contribution is -2.54. The van der Waals surface area contributed by atoms with Gasteiger partial charge in [-0.2, -0.15) is 13.2 Å². The van der Waals surface area contributed by atoms with Gasteiger partial charge >= 0.3 is 6.18 Å². The first-order valence-electron chi connectivity index (χ1n) is 5.64. The predicted molar refractivity (Wildman–Crippen MR) is 67.3 cm³/mol. The van der Waals surface area contributed by atoms with Crippen molar-refractivity contribution in [1.29, 1.82) is 0 Å². The van der Waals surface area contributed by atoms with Gasteiger partial charge in [-0.25, -0.2) is 4.39 Å². The van der Waals surface area contributed by atoms with Gasteiger partial charge < -0.3 is 19.9 Å². The van der Waals surface area contributed by atoms with Crippen molar-refractivity contribution >= 4 is 24.4 Å². The second-order valence-electron chi connectivity index (χ2n) is 4.44. The minimum absolute atomic E-state index is 0.143. The fourth-order valence-corrected chi connectivity index (χ4v) is 2.57. The number of alkyl halides is 4. The Morgan fingerprint density at radius 3 is 2.52 bits per heavy atom. The minimum atomic E-state index is -5.43. The third kappa shape index (κ3) is 2.52. The second-order valence-corrected chi connectivity index (χ2v) is 5.26. The molecular weight excluding hydrogens is 336 g/mol. The maximum Gasteiger partial charge on any atom is 0.429 e. The maximum atomic E-state index is 14.6. The van der Waals surface area contributed by atoms with Crippen LogP contribution in [0.15, 0.2) is 12.3 Å². The molecule has 1 aromatic heterocycles. The first-order chi connectivity index (χ1) is 9.62. The van der Waals surface area contributed by atoms with Crippen LogP contribution in [0.25, 0.3) is 0 Å². The number of aromatic amines is 1. The van der Waals surface area contributed by atoms with Crippen molar-refractivity contribution < 1.29 is 32.5 Å². The van der Waals surface area contributed by atoms with Gasteiger partial charge in [0.25, 0.3) is 5.67 Å². The molecule has 118 valence electrons. The van der Waals surface area contributed by atoms with E-state index in [1.54, 1.807) is 0 Å². The van der Waals surface area contributed by atoms with E-state index in [0.717, 1.165) is 6.20 Å². The van der Waals surface area contributed by atoms with Crippen LogP contribution in [0, 0.1) is 9.41 Å². The van der Waals surface area contributed by atoms with Gasteiger partial charge in [-0.1, -0.05) is 12.2 Å². The number of hydrogen-bond donors (Lipinski definition) is 3. The lowest BCUT2D eigenvalue weighted by Gasteiger charge is -2.31. The fourth-order valence-electron chi connectivity index (χ4n) is 2.09. The molecule has 4 atom stereocenters. The van der Waals surface area contributed by atoms with Crippen molar-refractivity contribution in [3.8, 4) is 0 Å². The number of halogens is 4. The van der Waals surface area contributed by atoms with Gasteiger partial charge in [-0.15, -0.1) is 0 Å². The van der Waals surface area contributed by atoms with Crippen LogP contribution in [0.1, 0.15) is 6.23 Å². The lowest BCUT2D eigenvalue weighted by atomic mass is 9.95. The summed E-state index contributed by atoms with van der Waals surface area (Å²) in [6.45, 7) is -0.977. The summed E-state index contributed by atoms with van der Waals surface area (Å²) in [6, 6.07) is 1.20. The highest BCUT2D eigenvalue weighted by Gasteiger charge is 2.72. The van der Waals surface area contributed by atoms with Crippen molar-refractivity contribution in [2.24, 2.45) is 0 Å². The molecular formula is C10H10F4N2O3S2. The highest BCUT2D eigenvalue weighted by atomic mass is 32.1. The Bertz CT molecular complexity index is 646. The minimum Gasteiger partial charge on any atom is -0.394 e. The Labute approximate surface area is 125 Å². The van der Waals surface area contributed by atoms with Crippen molar-refractivity contribution in [1.82, 2.24) is 9.55 Å². The second kappa shape index (κ2) is 5.39. The summed E-state index contributed by atoms with van der Waals surface area (Å²) in [4.78, 5) is 2.39. The SMILES string of the molecule is OC[C@H]1O[C@@H](n2ccc(=S)[nH]c2=S)[C@@](F)(C(F)(F)F)C1O. The summed E-state index contributed by atoms with van der Waals surface area (Å²) in [6.07, 6.45) is -11.0. The maximum absolute atomic E-state index is 14.6. The summed E-state index contributed by atoms with van der Waals surface area (Å²) in [7, 11) is 0. The summed E-state index contributed by atoms with van der Waals surface area (Å²) < 4.78 is 59.1. The number of nitrogens with zero attached hydrogens (tertiary/aromatic N) is 1. The molecule has 0 aliphatic carbocycles. The molecule has 1 saturated heterocycles. The summed E-state index contributed by atoms with van der Waals surface area (Å²) in [5.41, 5.74) is -4.12. The molecule has 1 aliphatic heterocycles.